The Labute approximate surface area is 139 Å². The van der Waals surface area contributed by atoms with E-state index in [1.54, 1.807) is 6.20 Å². The highest BCUT2D eigenvalue weighted by Gasteiger charge is 2.12. The first-order valence-electron chi connectivity index (χ1n) is 7.56. The third kappa shape index (κ3) is 5.13. The van der Waals surface area contributed by atoms with E-state index in [1.165, 1.54) is 25.3 Å². The second kappa shape index (κ2) is 8.73. The van der Waals surface area contributed by atoms with Crippen LogP contribution in [0.2, 0.25) is 0 Å². The summed E-state index contributed by atoms with van der Waals surface area (Å²) in [7, 11) is 1.50. The van der Waals surface area contributed by atoms with Gasteiger partial charge in [-0.3, -0.25) is 19.9 Å². The Balaban J connectivity index is 1.94. The van der Waals surface area contributed by atoms with Crippen molar-refractivity contribution < 1.29 is 14.5 Å². The molecule has 7 nitrogen and oxygen atoms in total. The molecule has 2 aromatic rings. The minimum absolute atomic E-state index is 0.0322. The molecule has 7 heteroatoms. The van der Waals surface area contributed by atoms with Crippen LogP contribution in [0.1, 0.15) is 24.1 Å². The highest BCUT2D eigenvalue weighted by atomic mass is 16.6. The standard InChI is InChI=1S/C17H19N3O4/c1-24-12-13-11-15(20(22)23)8-9-16(13)19-17(21)7-4-6-14-5-2-3-10-18-14/h2-3,5,8-11H,4,6-7,12H2,1H3,(H,19,21). The van der Waals surface area contributed by atoms with Gasteiger partial charge in [-0.25, -0.2) is 0 Å². The van der Waals surface area contributed by atoms with E-state index in [0.29, 0.717) is 24.1 Å². The van der Waals surface area contributed by atoms with Gasteiger partial charge in [0.1, 0.15) is 0 Å². The fraction of sp³-hybridized carbons (Fsp3) is 0.294. The van der Waals surface area contributed by atoms with Crippen molar-refractivity contribution in [3.63, 3.8) is 0 Å². The van der Waals surface area contributed by atoms with Crippen LogP contribution < -0.4 is 5.32 Å². The molecule has 0 saturated carbocycles. The van der Waals surface area contributed by atoms with Gasteiger partial charge in [0.25, 0.3) is 5.69 Å². The molecule has 0 atom stereocenters. The number of ether oxygens (including phenoxy) is 1. The van der Waals surface area contributed by atoms with Gasteiger partial charge in [-0.15, -0.1) is 0 Å². The summed E-state index contributed by atoms with van der Waals surface area (Å²) in [6.45, 7) is 0.186. The summed E-state index contributed by atoms with van der Waals surface area (Å²) in [6.07, 6.45) is 3.47. The number of hydrogen-bond acceptors (Lipinski definition) is 5. The average Bonchev–Trinajstić information content (AvgIpc) is 2.57. The molecule has 0 saturated heterocycles. The van der Waals surface area contributed by atoms with Gasteiger partial charge in [0.05, 0.1) is 11.5 Å². The van der Waals surface area contributed by atoms with E-state index in [9.17, 15) is 14.9 Å². The molecule has 0 radical (unpaired) electrons. The molecule has 126 valence electrons. The number of nitrogens with zero attached hydrogens (tertiary/aromatic N) is 2. The zero-order valence-electron chi connectivity index (χ0n) is 13.4. The number of methoxy groups -OCH3 is 1. The number of nitrogens with one attached hydrogen (secondary N) is 1. The summed E-state index contributed by atoms with van der Waals surface area (Å²) in [5, 5.41) is 13.6. The third-order valence-electron chi connectivity index (χ3n) is 3.44. The molecular formula is C17H19N3O4. The van der Waals surface area contributed by atoms with E-state index in [0.717, 1.165) is 12.1 Å². The van der Waals surface area contributed by atoms with Crippen molar-refractivity contribution in [1.29, 1.82) is 0 Å². The molecule has 1 heterocycles. The quantitative estimate of drug-likeness (QED) is 0.593. The van der Waals surface area contributed by atoms with E-state index in [-0.39, 0.29) is 18.2 Å². The van der Waals surface area contributed by atoms with E-state index in [4.69, 9.17) is 4.74 Å². The molecule has 1 aromatic heterocycles. The van der Waals surface area contributed by atoms with E-state index in [1.807, 2.05) is 18.2 Å². The van der Waals surface area contributed by atoms with Crippen LogP contribution in [0, 0.1) is 10.1 Å². The van der Waals surface area contributed by atoms with Crippen LogP contribution in [0.3, 0.4) is 0 Å². The van der Waals surface area contributed by atoms with Crippen molar-refractivity contribution in [2.75, 3.05) is 12.4 Å². The second-order valence-electron chi connectivity index (χ2n) is 5.25. The Morgan fingerprint density at radius 1 is 1.33 bits per heavy atom. The molecule has 24 heavy (non-hydrogen) atoms. The lowest BCUT2D eigenvalue weighted by Crippen LogP contribution is -2.13. The first kappa shape index (κ1) is 17.6. The van der Waals surface area contributed by atoms with Crippen molar-refractivity contribution in [3.05, 3.63) is 64.0 Å². The van der Waals surface area contributed by atoms with Crippen molar-refractivity contribution in [3.8, 4) is 0 Å². The lowest BCUT2D eigenvalue weighted by atomic mass is 10.1. The molecule has 0 aliphatic rings. The highest BCUT2D eigenvalue weighted by Crippen LogP contribution is 2.23. The summed E-state index contributed by atoms with van der Waals surface area (Å²) in [5.74, 6) is -0.142. The van der Waals surface area contributed by atoms with E-state index >= 15 is 0 Å². The topological polar surface area (TPSA) is 94.4 Å². The number of hydrogen-bond donors (Lipinski definition) is 1. The summed E-state index contributed by atoms with van der Waals surface area (Å²) in [6, 6.07) is 9.99. The predicted octanol–water partition coefficient (Wildman–Crippen LogP) is 3.10. The minimum Gasteiger partial charge on any atom is -0.380 e. The second-order valence-corrected chi connectivity index (χ2v) is 5.25. The molecule has 0 aliphatic carbocycles. The Morgan fingerprint density at radius 3 is 2.83 bits per heavy atom. The average molecular weight is 329 g/mol. The van der Waals surface area contributed by atoms with Gasteiger partial charge in [0.15, 0.2) is 0 Å². The fourth-order valence-electron chi connectivity index (χ4n) is 2.28. The maximum atomic E-state index is 12.1. The number of amides is 1. The summed E-state index contributed by atoms with van der Waals surface area (Å²) >= 11 is 0. The maximum Gasteiger partial charge on any atom is 0.269 e. The van der Waals surface area contributed by atoms with Crippen LogP contribution in [0.5, 0.6) is 0 Å². The molecular weight excluding hydrogens is 310 g/mol. The van der Waals surface area contributed by atoms with Gasteiger partial charge in [0.2, 0.25) is 5.91 Å². The predicted molar refractivity (Wildman–Crippen MR) is 89.6 cm³/mol. The fourth-order valence-corrected chi connectivity index (χ4v) is 2.28. The number of nitro groups is 1. The number of rotatable bonds is 8. The molecule has 1 aromatic carbocycles. The van der Waals surface area contributed by atoms with Crippen LogP contribution >= 0.6 is 0 Å². The number of pyridine rings is 1. The normalized spacial score (nSPS) is 10.4. The zero-order valence-corrected chi connectivity index (χ0v) is 13.4. The van der Waals surface area contributed by atoms with Crippen molar-refractivity contribution in [2.45, 2.75) is 25.9 Å². The molecule has 1 N–H and O–H groups in total. The Kier molecular flexibility index (Phi) is 6.39. The van der Waals surface area contributed by atoms with Crippen LogP contribution in [0.4, 0.5) is 11.4 Å². The van der Waals surface area contributed by atoms with Crippen molar-refractivity contribution in [1.82, 2.24) is 4.98 Å². The number of aromatic nitrogens is 1. The molecule has 0 spiro atoms. The van der Waals surface area contributed by atoms with Crippen LogP contribution in [0.25, 0.3) is 0 Å². The largest absolute Gasteiger partial charge is 0.380 e. The highest BCUT2D eigenvalue weighted by molar-refractivity contribution is 5.91. The summed E-state index contributed by atoms with van der Waals surface area (Å²) in [4.78, 5) is 26.6. The maximum absolute atomic E-state index is 12.1. The smallest absolute Gasteiger partial charge is 0.269 e. The lowest BCUT2D eigenvalue weighted by Gasteiger charge is -2.10. The molecule has 0 unspecified atom stereocenters. The zero-order chi connectivity index (χ0) is 17.4. The van der Waals surface area contributed by atoms with E-state index < -0.39 is 4.92 Å². The van der Waals surface area contributed by atoms with Gasteiger partial charge in [-0.05, 0) is 31.0 Å². The van der Waals surface area contributed by atoms with Gasteiger partial charge < -0.3 is 10.1 Å². The molecule has 0 aliphatic heterocycles. The van der Waals surface area contributed by atoms with Gasteiger partial charge >= 0.3 is 0 Å². The van der Waals surface area contributed by atoms with Crippen molar-refractivity contribution in [2.24, 2.45) is 0 Å². The SMILES string of the molecule is COCc1cc([N+](=O)[O-])ccc1NC(=O)CCCc1ccccn1. The minimum atomic E-state index is -0.475. The lowest BCUT2D eigenvalue weighted by molar-refractivity contribution is -0.384. The Bertz CT molecular complexity index is 704. The van der Waals surface area contributed by atoms with E-state index in [2.05, 4.69) is 10.3 Å². The Morgan fingerprint density at radius 2 is 2.17 bits per heavy atom. The number of anilines is 1. The number of carbonyl (C=O) groups excluding carboxylic acids is 1. The van der Waals surface area contributed by atoms with Gasteiger partial charge in [-0.2, -0.15) is 0 Å². The first-order valence-corrected chi connectivity index (χ1v) is 7.56. The van der Waals surface area contributed by atoms with Crippen molar-refractivity contribution >= 4 is 17.3 Å². The first-order chi connectivity index (χ1) is 11.6. The number of nitro benzene ring substituents is 1. The molecule has 0 fully saturated rings. The van der Waals surface area contributed by atoms with Crippen LogP contribution in [0.15, 0.2) is 42.6 Å². The monoisotopic (exact) mass is 329 g/mol. The summed E-state index contributed by atoms with van der Waals surface area (Å²) < 4.78 is 5.04. The molecule has 2 rings (SSSR count). The van der Waals surface area contributed by atoms with Crippen LogP contribution in [-0.4, -0.2) is 22.9 Å². The number of benzene rings is 1. The van der Waals surface area contributed by atoms with Gasteiger partial charge in [-0.1, -0.05) is 6.07 Å². The number of non-ortho nitro benzene ring substituents is 1. The number of aryl methyl sites for hydroxylation is 1. The van der Waals surface area contributed by atoms with Gasteiger partial charge in [0, 0.05) is 48.8 Å². The molecule has 0 bridgehead atoms. The van der Waals surface area contributed by atoms with Crippen LogP contribution in [-0.2, 0) is 22.6 Å². The Hall–Kier alpha value is -2.80. The number of carbonyl (C=O) groups is 1. The molecule has 1 amide bonds. The summed E-state index contributed by atoms with van der Waals surface area (Å²) in [5.41, 5.74) is 2.02. The third-order valence-corrected chi connectivity index (χ3v) is 3.44.